The Kier molecular flexibility index (Phi) is 4.73. The second-order valence-electron chi connectivity index (χ2n) is 8.36. The van der Waals surface area contributed by atoms with Gasteiger partial charge in [0.2, 0.25) is 0 Å². The fourth-order valence-electron chi connectivity index (χ4n) is 4.65. The number of hydrogen-bond acceptors (Lipinski definition) is 6. The molecule has 0 saturated carbocycles. The number of amides is 1. The van der Waals surface area contributed by atoms with Crippen molar-refractivity contribution in [2.75, 3.05) is 6.61 Å². The predicted octanol–water partition coefficient (Wildman–Crippen LogP) is 2.85. The van der Waals surface area contributed by atoms with Crippen molar-refractivity contribution < 1.29 is 33.6 Å². The summed E-state index contributed by atoms with van der Waals surface area (Å²) >= 11 is 0. The average molecular weight is 425 g/mol. The molecule has 5 rings (SSSR count). The Bertz CT molecular complexity index is 991. The molecule has 0 aromatic heterocycles. The first kappa shape index (κ1) is 20.0. The Hall–Kier alpha value is -2.94. The molecule has 2 fully saturated rings. The van der Waals surface area contributed by atoms with E-state index >= 15 is 0 Å². The molecular formula is C23H23NO7. The van der Waals surface area contributed by atoms with Gasteiger partial charge in [-0.1, -0.05) is 48.5 Å². The summed E-state index contributed by atoms with van der Waals surface area (Å²) in [6.45, 7) is 3.53. The molecule has 1 unspecified atom stereocenters. The van der Waals surface area contributed by atoms with Crippen LogP contribution in [0.15, 0.2) is 48.5 Å². The van der Waals surface area contributed by atoms with Crippen molar-refractivity contribution in [3.05, 3.63) is 59.7 Å². The Labute approximate surface area is 179 Å². The number of aliphatic carboxylic acids is 1. The minimum absolute atomic E-state index is 0.0917. The zero-order valence-corrected chi connectivity index (χ0v) is 17.1. The fourth-order valence-corrected chi connectivity index (χ4v) is 4.65. The minimum Gasteiger partial charge on any atom is -0.479 e. The van der Waals surface area contributed by atoms with Crippen LogP contribution < -0.4 is 5.32 Å². The van der Waals surface area contributed by atoms with E-state index in [4.69, 9.17) is 18.9 Å². The SMILES string of the molecule is CC1(C)O[C@@H]2O[C@H](C(=O)O)C(NC(=O)OCC3c4ccccc4-c4ccccc43)[C@@H]2O1. The molecule has 31 heavy (non-hydrogen) atoms. The molecule has 0 bridgehead atoms. The first-order valence-corrected chi connectivity index (χ1v) is 10.2. The van der Waals surface area contributed by atoms with Crippen LogP contribution in [0.25, 0.3) is 11.1 Å². The topological polar surface area (TPSA) is 103 Å². The molecule has 4 atom stereocenters. The molecule has 8 heteroatoms. The summed E-state index contributed by atoms with van der Waals surface area (Å²) in [4.78, 5) is 24.2. The summed E-state index contributed by atoms with van der Waals surface area (Å²) in [5, 5.41) is 12.1. The van der Waals surface area contributed by atoms with E-state index in [2.05, 4.69) is 17.4 Å². The van der Waals surface area contributed by atoms with Gasteiger partial charge in [-0.15, -0.1) is 0 Å². The molecule has 2 N–H and O–H groups in total. The molecule has 8 nitrogen and oxygen atoms in total. The van der Waals surface area contributed by atoms with Crippen molar-refractivity contribution in [2.45, 2.75) is 50.1 Å². The Balaban J connectivity index is 1.29. The lowest BCUT2D eigenvalue weighted by molar-refractivity contribution is -0.211. The van der Waals surface area contributed by atoms with Crippen molar-refractivity contribution in [3.63, 3.8) is 0 Å². The van der Waals surface area contributed by atoms with Crippen LogP contribution in [0.1, 0.15) is 30.9 Å². The van der Waals surface area contributed by atoms with Crippen molar-refractivity contribution in [3.8, 4) is 11.1 Å². The van der Waals surface area contributed by atoms with E-state index in [9.17, 15) is 14.7 Å². The summed E-state index contributed by atoms with van der Waals surface area (Å²) in [7, 11) is 0. The lowest BCUT2D eigenvalue weighted by Gasteiger charge is -2.24. The molecular weight excluding hydrogens is 402 g/mol. The summed E-state index contributed by atoms with van der Waals surface area (Å²) in [6.07, 6.45) is -3.62. The van der Waals surface area contributed by atoms with E-state index in [-0.39, 0.29) is 12.5 Å². The molecule has 2 aromatic rings. The van der Waals surface area contributed by atoms with E-state index in [1.165, 1.54) is 0 Å². The van der Waals surface area contributed by atoms with Gasteiger partial charge >= 0.3 is 12.1 Å². The monoisotopic (exact) mass is 425 g/mol. The zero-order valence-electron chi connectivity index (χ0n) is 17.1. The van der Waals surface area contributed by atoms with Crippen LogP contribution in [0, 0.1) is 0 Å². The standard InChI is InChI=1S/C23H23NO7/c1-23(2)30-19-17(18(20(25)26)29-21(19)31-23)24-22(27)28-11-16-14-9-5-3-7-12(14)13-8-4-6-10-15(13)16/h3-10,16-19,21H,11H2,1-2H3,(H,24,27)(H,25,26)/t17?,18-,19-,21-/m0/s1. The molecule has 162 valence electrons. The van der Waals surface area contributed by atoms with Gasteiger partial charge in [-0.25, -0.2) is 9.59 Å². The number of fused-ring (bicyclic) bond motifs is 4. The molecule has 2 aliphatic heterocycles. The van der Waals surface area contributed by atoms with E-state index in [0.29, 0.717) is 0 Å². The van der Waals surface area contributed by atoms with Crippen molar-refractivity contribution in [1.29, 1.82) is 0 Å². The number of carboxylic acids is 1. The number of nitrogens with one attached hydrogen (secondary N) is 1. The number of benzene rings is 2. The third-order valence-corrected chi connectivity index (χ3v) is 5.92. The Morgan fingerprint density at radius 2 is 1.65 bits per heavy atom. The summed E-state index contributed by atoms with van der Waals surface area (Å²) in [5.41, 5.74) is 4.45. The van der Waals surface area contributed by atoms with Gasteiger partial charge in [0.25, 0.3) is 0 Å². The summed E-state index contributed by atoms with van der Waals surface area (Å²) in [5.74, 6) is -2.23. The second-order valence-corrected chi connectivity index (χ2v) is 8.36. The Morgan fingerprint density at radius 1 is 1.03 bits per heavy atom. The third-order valence-electron chi connectivity index (χ3n) is 5.92. The summed E-state index contributed by atoms with van der Waals surface area (Å²) < 4.78 is 22.3. The van der Waals surface area contributed by atoms with Crippen molar-refractivity contribution in [2.24, 2.45) is 0 Å². The molecule has 0 spiro atoms. The minimum atomic E-state index is -1.29. The Morgan fingerprint density at radius 3 is 2.26 bits per heavy atom. The van der Waals surface area contributed by atoms with E-state index in [1.54, 1.807) is 13.8 Å². The molecule has 0 radical (unpaired) electrons. The highest BCUT2D eigenvalue weighted by Gasteiger charge is 2.57. The maximum Gasteiger partial charge on any atom is 0.407 e. The number of carboxylic acid groups (broad SMARTS) is 1. The normalized spacial score (nSPS) is 27.9. The van der Waals surface area contributed by atoms with E-state index in [1.807, 2.05) is 36.4 Å². The highest BCUT2D eigenvalue weighted by atomic mass is 16.8. The van der Waals surface area contributed by atoms with Gasteiger partial charge in [-0.3, -0.25) is 0 Å². The summed E-state index contributed by atoms with van der Waals surface area (Å²) in [6, 6.07) is 15.1. The van der Waals surface area contributed by atoms with Crippen molar-refractivity contribution >= 4 is 12.1 Å². The lowest BCUT2D eigenvalue weighted by Crippen LogP contribution is -2.51. The number of carbonyl (C=O) groups is 2. The van der Waals surface area contributed by atoms with Crippen LogP contribution in [0.4, 0.5) is 4.79 Å². The molecule has 2 heterocycles. The fraction of sp³-hybridized carbons (Fsp3) is 0.391. The van der Waals surface area contributed by atoms with E-state index < -0.39 is 42.4 Å². The van der Waals surface area contributed by atoms with Gasteiger partial charge in [0, 0.05) is 5.92 Å². The molecule has 2 aromatic carbocycles. The van der Waals surface area contributed by atoms with Gasteiger partial charge in [-0.05, 0) is 36.1 Å². The lowest BCUT2D eigenvalue weighted by atomic mass is 9.98. The van der Waals surface area contributed by atoms with Gasteiger partial charge in [0.05, 0.1) is 0 Å². The number of carbonyl (C=O) groups excluding carboxylic acids is 1. The van der Waals surface area contributed by atoms with Gasteiger partial charge in [0.1, 0.15) is 18.8 Å². The largest absolute Gasteiger partial charge is 0.479 e. The first-order chi connectivity index (χ1) is 14.8. The van der Waals surface area contributed by atoms with Gasteiger partial charge in [-0.2, -0.15) is 0 Å². The molecule has 3 aliphatic rings. The van der Waals surface area contributed by atoms with Crippen LogP contribution >= 0.6 is 0 Å². The van der Waals surface area contributed by atoms with Crippen LogP contribution in [0.5, 0.6) is 0 Å². The average Bonchev–Trinajstić information content (AvgIpc) is 3.33. The maximum absolute atomic E-state index is 12.6. The maximum atomic E-state index is 12.6. The number of rotatable bonds is 4. The van der Waals surface area contributed by atoms with Crippen LogP contribution in [-0.4, -0.2) is 54.1 Å². The predicted molar refractivity (Wildman–Crippen MR) is 108 cm³/mol. The third kappa shape index (κ3) is 3.46. The highest BCUT2D eigenvalue weighted by Crippen LogP contribution is 2.44. The second kappa shape index (κ2) is 7.33. The van der Waals surface area contributed by atoms with Crippen LogP contribution in [-0.2, 0) is 23.7 Å². The number of hydrogen-bond donors (Lipinski definition) is 2. The zero-order chi connectivity index (χ0) is 21.8. The molecule has 1 aliphatic carbocycles. The first-order valence-electron chi connectivity index (χ1n) is 10.2. The number of alkyl carbamates (subject to hydrolysis) is 1. The van der Waals surface area contributed by atoms with Gasteiger partial charge in [0.15, 0.2) is 18.2 Å². The van der Waals surface area contributed by atoms with Gasteiger partial charge < -0.3 is 29.4 Å². The van der Waals surface area contributed by atoms with E-state index in [0.717, 1.165) is 22.3 Å². The number of ether oxygens (including phenoxy) is 4. The van der Waals surface area contributed by atoms with Crippen LogP contribution in [0.2, 0.25) is 0 Å². The van der Waals surface area contributed by atoms with Crippen molar-refractivity contribution in [1.82, 2.24) is 5.32 Å². The quantitative estimate of drug-likeness (QED) is 0.776. The highest BCUT2D eigenvalue weighted by molar-refractivity contribution is 5.79. The molecule has 1 amide bonds. The molecule has 2 saturated heterocycles. The smallest absolute Gasteiger partial charge is 0.407 e. The van der Waals surface area contributed by atoms with Crippen LogP contribution in [0.3, 0.4) is 0 Å².